The molecule has 1 unspecified atom stereocenters. The van der Waals surface area contributed by atoms with E-state index in [1.807, 2.05) is 0 Å². The number of benzene rings is 1. The third kappa shape index (κ3) is 4.57. The average molecular weight is 433 g/mol. The lowest BCUT2D eigenvalue weighted by Crippen LogP contribution is -2.54. The van der Waals surface area contributed by atoms with Gasteiger partial charge in [0.15, 0.2) is 11.6 Å². The van der Waals surface area contributed by atoms with Crippen LogP contribution in [-0.2, 0) is 16.9 Å². The van der Waals surface area contributed by atoms with E-state index in [2.05, 4.69) is 19.4 Å². The molecule has 2 aromatic rings. The maximum Gasteiger partial charge on any atom is 0.573 e. The van der Waals surface area contributed by atoms with Gasteiger partial charge in [-0.2, -0.15) is 0 Å². The topological polar surface area (TPSA) is 79.3 Å². The molecule has 2 atom stereocenters. The van der Waals surface area contributed by atoms with Gasteiger partial charge in [-0.05, 0) is 38.5 Å². The summed E-state index contributed by atoms with van der Waals surface area (Å²) in [6.07, 6.45) is -2.00. The van der Waals surface area contributed by atoms with Crippen molar-refractivity contribution in [3.05, 3.63) is 47.7 Å². The molecule has 0 saturated carbocycles. The highest BCUT2D eigenvalue weighted by atomic mass is 32.2. The number of nitrogens with one attached hydrogen (secondary N) is 1. The van der Waals surface area contributed by atoms with Gasteiger partial charge >= 0.3 is 6.36 Å². The fraction of sp³-hybridized carbons (Fsp3) is 0.444. The average Bonchev–Trinajstić information content (AvgIpc) is 2.61. The number of nitrogens with zero attached hydrogens (tertiary/aromatic N) is 2. The second kappa shape index (κ2) is 7.62. The minimum Gasteiger partial charge on any atom is -0.598 e. The van der Waals surface area contributed by atoms with Crippen LogP contribution in [0.3, 0.4) is 0 Å². The summed E-state index contributed by atoms with van der Waals surface area (Å²) in [6, 6.07) is 3.08. The minimum absolute atomic E-state index is 0.155. The van der Waals surface area contributed by atoms with Crippen molar-refractivity contribution in [3.8, 4) is 11.6 Å². The highest BCUT2D eigenvalue weighted by molar-refractivity contribution is 7.90. The zero-order valence-electron chi connectivity index (χ0n) is 15.8. The Kier molecular flexibility index (Phi) is 5.67. The van der Waals surface area contributed by atoms with Crippen molar-refractivity contribution < 1.29 is 31.6 Å². The van der Waals surface area contributed by atoms with E-state index in [0.29, 0.717) is 0 Å². The summed E-state index contributed by atoms with van der Waals surface area (Å²) in [4.78, 5) is 8.38. The molecule has 11 heteroatoms. The molecular weight excluding hydrogens is 414 g/mol. The van der Waals surface area contributed by atoms with Crippen LogP contribution < -0.4 is 14.2 Å². The van der Waals surface area contributed by atoms with E-state index in [-0.39, 0.29) is 30.2 Å². The predicted octanol–water partition coefficient (Wildman–Crippen LogP) is 3.59. The van der Waals surface area contributed by atoms with Crippen LogP contribution in [0.25, 0.3) is 0 Å². The predicted molar refractivity (Wildman–Crippen MR) is 97.0 cm³/mol. The molecule has 6 nitrogen and oxygen atoms in total. The molecule has 1 N–H and O–H groups in total. The summed E-state index contributed by atoms with van der Waals surface area (Å²) in [6.45, 7) is 5.41. The third-order valence-electron chi connectivity index (χ3n) is 4.26. The first-order valence-electron chi connectivity index (χ1n) is 8.62. The van der Waals surface area contributed by atoms with Crippen molar-refractivity contribution in [2.45, 2.75) is 43.8 Å². The second-order valence-electron chi connectivity index (χ2n) is 7.39. The van der Waals surface area contributed by atoms with Crippen molar-refractivity contribution >= 4 is 11.4 Å². The van der Waals surface area contributed by atoms with Crippen LogP contribution in [0.1, 0.15) is 38.4 Å². The van der Waals surface area contributed by atoms with E-state index in [1.54, 1.807) is 20.8 Å². The van der Waals surface area contributed by atoms with E-state index in [1.165, 1.54) is 18.5 Å². The maximum atomic E-state index is 14.5. The molecule has 1 aromatic carbocycles. The first kappa shape index (κ1) is 21.6. The third-order valence-corrected chi connectivity index (χ3v) is 5.90. The van der Waals surface area contributed by atoms with Gasteiger partial charge in [0.2, 0.25) is 5.88 Å². The molecule has 0 bridgehead atoms. The van der Waals surface area contributed by atoms with Gasteiger partial charge in [-0.1, -0.05) is 6.07 Å². The molecule has 0 radical (unpaired) electrons. The van der Waals surface area contributed by atoms with Gasteiger partial charge in [0.1, 0.15) is 16.0 Å². The number of ether oxygens (including phenoxy) is 2. The molecule has 2 heterocycles. The summed E-state index contributed by atoms with van der Waals surface area (Å²) in [5.41, 5.74) is -0.780. The van der Waals surface area contributed by atoms with E-state index in [9.17, 15) is 22.1 Å². The molecule has 158 valence electrons. The Balaban J connectivity index is 2.12. The molecule has 1 aliphatic heterocycles. The van der Waals surface area contributed by atoms with Crippen molar-refractivity contribution in [1.82, 2.24) is 14.7 Å². The lowest BCUT2D eigenvalue weighted by Gasteiger charge is -2.39. The highest BCUT2D eigenvalue weighted by Crippen LogP contribution is 2.42. The Hall–Kier alpha value is -2.11. The largest absolute Gasteiger partial charge is 0.598 e. The van der Waals surface area contributed by atoms with Gasteiger partial charge in [0, 0.05) is 30.2 Å². The molecule has 1 aromatic heterocycles. The minimum atomic E-state index is -5.03. The zero-order valence-corrected chi connectivity index (χ0v) is 16.7. The Morgan fingerprint density at radius 1 is 1.21 bits per heavy atom. The van der Waals surface area contributed by atoms with Crippen LogP contribution >= 0.6 is 0 Å². The summed E-state index contributed by atoms with van der Waals surface area (Å²) < 4.78 is 76.3. The van der Waals surface area contributed by atoms with Gasteiger partial charge in [0.25, 0.3) is 0 Å². The Morgan fingerprint density at radius 2 is 1.90 bits per heavy atom. The molecular formula is C18H19F4N3O3S. The normalized spacial score (nSPS) is 20.6. The summed E-state index contributed by atoms with van der Waals surface area (Å²) in [5, 5.41) is 0. The summed E-state index contributed by atoms with van der Waals surface area (Å²) >= 11 is -1.62. The fourth-order valence-electron chi connectivity index (χ4n) is 2.87. The van der Waals surface area contributed by atoms with E-state index in [4.69, 9.17) is 4.74 Å². The Labute approximate surface area is 168 Å². The number of fused-ring (bicyclic) bond motifs is 1. The highest BCUT2D eigenvalue weighted by Gasteiger charge is 2.48. The quantitative estimate of drug-likeness (QED) is 0.587. The van der Waals surface area contributed by atoms with Crippen LogP contribution in [0.5, 0.6) is 11.6 Å². The van der Waals surface area contributed by atoms with Gasteiger partial charge in [-0.25, -0.2) is 9.37 Å². The summed E-state index contributed by atoms with van der Waals surface area (Å²) in [5.74, 6) is -1.99. The first-order valence-corrected chi connectivity index (χ1v) is 9.77. The van der Waals surface area contributed by atoms with Crippen LogP contribution in [0.2, 0.25) is 0 Å². The van der Waals surface area contributed by atoms with E-state index in [0.717, 1.165) is 12.1 Å². The monoisotopic (exact) mass is 433 g/mol. The van der Waals surface area contributed by atoms with Gasteiger partial charge in [-0.15, -0.1) is 17.9 Å². The first-order chi connectivity index (χ1) is 13.4. The van der Waals surface area contributed by atoms with Crippen molar-refractivity contribution in [2.75, 3.05) is 6.61 Å². The molecule has 3 rings (SSSR count). The molecule has 1 aliphatic rings. The molecule has 0 spiro atoms. The van der Waals surface area contributed by atoms with Gasteiger partial charge in [-0.3, -0.25) is 4.98 Å². The number of aromatic nitrogens is 2. The second-order valence-corrected chi connectivity index (χ2v) is 9.36. The molecule has 0 saturated heterocycles. The molecule has 0 amide bonds. The fourth-order valence-corrected chi connectivity index (χ4v) is 3.81. The molecule has 0 fully saturated rings. The Morgan fingerprint density at radius 3 is 2.52 bits per heavy atom. The van der Waals surface area contributed by atoms with Gasteiger partial charge < -0.3 is 14.0 Å². The lowest BCUT2D eigenvalue weighted by molar-refractivity contribution is -0.275. The number of alkyl halides is 3. The van der Waals surface area contributed by atoms with Crippen LogP contribution in [0.15, 0.2) is 30.6 Å². The zero-order chi connectivity index (χ0) is 21.4. The van der Waals surface area contributed by atoms with Crippen molar-refractivity contribution in [1.29, 1.82) is 0 Å². The SMILES string of the molecule is CC(C)(C)[S+]([O-])N[C@]1(c2ccc(OC(F)(F)F)c(F)c2)CCOc2nccnc21. The van der Waals surface area contributed by atoms with E-state index < -0.39 is 39.6 Å². The lowest BCUT2D eigenvalue weighted by atomic mass is 9.83. The molecule has 29 heavy (non-hydrogen) atoms. The molecule has 0 aliphatic carbocycles. The number of hydrogen-bond donors (Lipinski definition) is 1. The number of hydrogen-bond acceptors (Lipinski definition) is 6. The Bertz CT molecular complexity index is 891. The van der Waals surface area contributed by atoms with Crippen LogP contribution in [0, 0.1) is 5.82 Å². The van der Waals surface area contributed by atoms with Gasteiger partial charge in [0.05, 0.1) is 6.61 Å². The standard InChI is InChI=1S/C18H19F4N3O3S/c1-16(2,3)29(26)25-17(6-9-27-15-14(17)23-7-8-24-15)11-4-5-13(12(19)10-11)28-18(20,21)22/h4-5,7-8,10,25H,6,9H2,1-3H3/t17-,29?/m0/s1. The van der Waals surface area contributed by atoms with Crippen molar-refractivity contribution in [2.24, 2.45) is 0 Å². The maximum absolute atomic E-state index is 14.5. The summed E-state index contributed by atoms with van der Waals surface area (Å²) in [7, 11) is 0. The number of rotatable bonds is 4. The van der Waals surface area contributed by atoms with Crippen LogP contribution in [0.4, 0.5) is 17.6 Å². The van der Waals surface area contributed by atoms with Crippen LogP contribution in [-0.4, -0.2) is 32.2 Å². The van der Waals surface area contributed by atoms with Crippen molar-refractivity contribution in [3.63, 3.8) is 0 Å². The van der Waals surface area contributed by atoms with E-state index >= 15 is 0 Å². The number of halogens is 4. The smallest absolute Gasteiger partial charge is 0.573 e.